The molecular formula is C16H28N2O. The van der Waals surface area contributed by atoms with Crippen molar-refractivity contribution in [2.45, 2.75) is 64.0 Å². The fourth-order valence-electron chi connectivity index (χ4n) is 4.24. The molecule has 3 rings (SSSR count). The Bertz CT molecular complexity index is 331. The van der Waals surface area contributed by atoms with Crippen LogP contribution in [0.2, 0.25) is 0 Å². The predicted octanol–water partition coefficient (Wildman–Crippen LogP) is 2.30. The molecule has 3 aliphatic rings. The van der Waals surface area contributed by atoms with Crippen LogP contribution in [0.1, 0.15) is 51.9 Å². The van der Waals surface area contributed by atoms with Crippen LogP contribution in [-0.2, 0) is 4.79 Å². The summed E-state index contributed by atoms with van der Waals surface area (Å²) in [7, 11) is 0. The standard InChI is InChI=1S/C16H28N2O/c1-13-11-18-9-3-2-6-15(18)12-17(13)10-8-14-5-4-7-16(14)19/h13-15H,2-12H2,1H3. The van der Waals surface area contributed by atoms with E-state index in [2.05, 4.69) is 16.7 Å². The van der Waals surface area contributed by atoms with Crippen LogP contribution in [0.3, 0.4) is 0 Å². The van der Waals surface area contributed by atoms with Crippen LogP contribution < -0.4 is 0 Å². The van der Waals surface area contributed by atoms with E-state index in [1.165, 1.54) is 38.9 Å². The minimum atomic E-state index is 0.386. The first-order valence-electron chi connectivity index (χ1n) is 8.25. The Morgan fingerprint density at radius 2 is 2.05 bits per heavy atom. The van der Waals surface area contributed by atoms with E-state index >= 15 is 0 Å². The van der Waals surface area contributed by atoms with Crippen LogP contribution in [0.4, 0.5) is 0 Å². The zero-order chi connectivity index (χ0) is 13.2. The van der Waals surface area contributed by atoms with Gasteiger partial charge in [0, 0.05) is 37.5 Å². The summed E-state index contributed by atoms with van der Waals surface area (Å²) >= 11 is 0. The molecule has 1 aliphatic carbocycles. The smallest absolute Gasteiger partial charge is 0.136 e. The molecule has 0 aromatic carbocycles. The van der Waals surface area contributed by atoms with Crippen LogP contribution in [0.5, 0.6) is 0 Å². The molecule has 0 bridgehead atoms. The number of ketones is 1. The number of fused-ring (bicyclic) bond motifs is 1. The van der Waals surface area contributed by atoms with Crippen molar-refractivity contribution in [2.24, 2.45) is 5.92 Å². The maximum Gasteiger partial charge on any atom is 0.136 e. The largest absolute Gasteiger partial charge is 0.299 e. The maximum absolute atomic E-state index is 11.7. The highest BCUT2D eigenvalue weighted by molar-refractivity contribution is 5.82. The minimum absolute atomic E-state index is 0.386. The Labute approximate surface area is 117 Å². The molecule has 2 saturated heterocycles. The third-order valence-corrected chi connectivity index (χ3v) is 5.51. The first-order valence-corrected chi connectivity index (χ1v) is 8.25. The van der Waals surface area contributed by atoms with Crippen molar-refractivity contribution >= 4 is 5.78 Å². The summed E-state index contributed by atoms with van der Waals surface area (Å²) in [5.74, 6) is 0.917. The van der Waals surface area contributed by atoms with Crippen molar-refractivity contribution in [3.05, 3.63) is 0 Å². The molecule has 3 nitrogen and oxygen atoms in total. The molecule has 0 spiro atoms. The Kier molecular flexibility index (Phi) is 4.23. The van der Waals surface area contributed by atoms with Crippen molar-refractivity contribution in [1.29, 1.82) is 0 Å². The second-order valence-electron chi connectivity index (χ2n) is 6.83. The number of rotatable bonds is 3. The molecule has 3 heteroatoms. The summed E-state index contributed by atoms with van der Waals surface area (Å²) in [6.45, 7) is 7.29. The maximum atomic E-state index is 11.7. The lowest BCUT2D eigenvalue weighted by Gasteiger charge is -2.47. The lowest BCUT2D eigenvalue weighted by Crippen LogP contribution is -2.58. The van der Waals surface area contributed by atoms with Gasteiger partial charge in [0.05, 0.1) is 0 Å². The Hall–Kier alpha value is -0.410. The zero-order valence-electron chi connectivity index (χ0n) is 12.3. The van der Waals surface area contributed by atoms with E-state index in [0.29, 0.717) is 17.7 Å². The number of piperidine rings is 1. The summed E-state index contributed by atoms with van der Waals surface area (Å²) in [5, 5.41) is 0. The fourth-order valence-corrected chi connectivity index (χ4v) is 4.24. The van der Waals surface area contributed by atoms with Crippen LogP contribution in [0.25, 0.3) is 0 Å². The molecule has 2 aliphatic heterocycles. The Morgan fingerprint density at radius 3 is 2.84 bits per heavy atom. The van der Waals surface area contributed by atoms with E-state index in [-0.39, 0.29) is 0 Å². The van der Waals surface area contributed by atoms with Crippen LogP contribution >= 0.6 is 0 Å². The molecule has 3 atom stereocenters. The molecular weight excluding hydrogens is 236 g/mol. The van der Waals surface area contributed by atoms with Crippen molar-refractivity contribution in [3.8, 4) is 0 Å². The summed E-state index contributed by atoms with van der Waals surface area (Å²) in [6, 6.07) is 1.47. The van der Waals surface area contributed by atoms with E-state index in [1.807, 2.05) is 0 Å². The van der Waals surface area contributed by atoms with Gasteiger partial charge in [-0.15, -0.1) is 0 Å². The van der Waals surface area contributed by atoms with E-state index in [4.69, 9.17) is 0 Å². The first-order chi connectivity index (χ1) is 9.24. The molecule has 108 valence electrons. The zero-order valence-corrected chi connectivity index (χ0v) is 12.3. The predicted molar refractivity (Wildman–Crippen MR) is 77.2 cm³/mol. The van der Waals surface area contributed by atoms with E-state index in [9.17, 15) is 4.79 Å². The molecule has 0 amide bonds. The van der Waals surface area contributed by atoms with Gasteiger partial charge in [0.25, 0.3) is 0 Å². The van der Waals surface area contributed by atoms with Crippen LogP contribution in [0, 0.1) is 5.92 Å². The van der Waals surface area contributed by atoms with Gasteiger partial charge >= 0.3 is 0 Å². The van der Waals surface area contributed by atoms with Gasteiger partial charge in [0.15, 0.2) is 0 Å². The molecule has 2 heterocycles. The van der Waals surface area contributed by atoms with Crippen molar-refractivity contribution < 1.29 is 4.79 Å². The van der Waals surface area contributed by atoms with E-state index in [1.54, 1.807) is 0 Å². The molecule has 0 radical (unpaired) electrons. The van der Waals surface area contributed by atoms with Crippen molar-refractivity contribution in [1.82, 2.24) is 9.80 Å². The average Bonchev–Trinajstić information content (AvgIpc) is 2.82. The second kappa shape index (κ2) is 5.92. The minimum Gasteiger partial charge on any atom is -0.299 e. The normalized spacial score (nSPS) is 37.5. The number of Topliss-reactive ketones (excluding diaryl/α,β-unsaturated/α-hetero) is 1. The second-order valence-corrected chi connectivity index (χ2v) is 6.83. The first kappa shape index (κ1) is 13.6. The monoisotopic (exact) mass is 264 g/mol. The Morgan fingerprint density at radius 1 is 1.16 bits per heavy atom. The third-order valence-electron chi connectivity index (χ3n) is 5.51. The van der Waals surface area contributed by atoms with Gasteiger partial charge in [0.2, 0.25) is 0 Å². The molecule has 0 aromatic heterocycles. The number of piperazine rings is 1. The molecule has 3 fully saturated rings. The molecule has 19 heavy (non-hydrogen) atoms. The van der Waals surface area contributed by atoms with Gasteiger partial charge in [-0.1, -0.05) is 6.42 Å². The number of carbonyl (C=O) groups is 1. The van der Waals surface area contributed by atoms with Gasteiger partial charge in [-0.2, -0.15) is 0 Å². The molecule has 0 N–H and O–H groups in total. The van der Waals surface area contributed by atoms with Crippen LogP contribution in [-0.4, -0.2) is 53.8 Å². The summed E-state index contributed by atoms with van der Waals surface area (Å²) in [5.41, 5.74) is 0. The average molecular weight is 264 g/mol. The van der Waals surface area contributed by atoms with Gasteiger partial charge in [-0.25, -0.2) is 0 Å². The molecule has 0 aromatic rings. The van der Waals surface area contributed by atoms with Gasteiger partial charge in [-0.3, -0.25) is 14.6 Å². The van der Waals surface area contributed by atoms with Crippen molar-refractivity contribution in [3.63, 3.8) is 0 Å². The fraction of sp³-hybridized carbons (Fsp3) is 0.938. The summed E-state index contributed by atoms with van der Waals surface area (Å²) < 4.78 is 0. The third kappa shape index (κ3) is 3.03. The summed E-state index contributed by atoms with van der Waals surface area (Å²) in [4.78, 5) is 17.1. The van der Waals surface area contributed by atoms with Gasteiger partial charge < -0.3 is 0 Å². The van der Waals surface area contributed by atoms with Gasteiger partial charge in [0.1, 0.15) is 5.78 Å². The summed E-state index contributed by atoms with van der Waals surface area (Å²) in [6.07, 6.45) is 8.41. The van der Waals surface area contributed by atoms with E-state index < -0.39 is 0 Å². The lowest BCUT2D eigenvalue weighted by molar-refractivity contribution is -0.121. The number of carbonyl (C=O) groups excluding carboxylic acids is 1. The van der Waals surface area contributed by atoms with Crippen molar-refractivity contribution in [2.75, 3.05) is 26.2 Å². The number of hydrogen-bond acceptors (Lipinski definition) is 3. The highest BCUT2D eigenvalue weighted by Crippen LogP contribution is 2.27. The Balaban J connectivity index is 1.51. The SMILES string of the molecule is CC1CN2CCCCC2CN1CCC1CCCC1=O. The molecule has 1 saturated carbocycles. The van der Waals surface area contributed by atoms with Gasteiger partial charge in [-0.05, 0) is 52.1 Å². The van der Waals surface area contributed by atoms with Crippen LogP contribution in [0.15, 0.2) is 0 Å². The number of hydrogen-bond donors (Lipinski definition) is 0. The quantitative estimate of drug-likeness (QED) is 0.781. The molecule has 3 unspecified atom stereocenters. The topological polar surface area (TPSA) is 23.6 Å². The highest BCUT2D eigenvalue weighted by Gasteiger charge is 2.33. The van der Waals surface area contributed by atoms with E-state index in [0.717, 1.165) is 38.3 Å². The highest BCUT2D eigenvalue weighted by atomic mass is 16.1. The number of nitrogens with zero attached hydrogens (tertiary/aromatic N) is 2. The lowest BCUT2D eigenvalue weighted by atomic mass is 9.96.